The minimum atomic E-state index is -4.47. The van der Waals surface area contributed by atoms with Crippen LogP contribution < -0.4 is 0 Å². The maximum Gasteiger partial charge on any atom is 0.416 e. The summed E-state index contributed by atoms with van der Waals surface area (Å²) in [5.41, 5.74) is 2.49. The molecule has 1 aliphatic heterocycles. The van der Waals surface area contributed by atoms with Crippen LogP contribution in [0.4, 0.5) is 13.2 Å². The lowest BCUT2D eigenvalue weighted by Crippen LogP contribution is -2.31. The first kappa shape index (κ1) is 19.5. The summed E-state index contributed by atoms with van der Waals surface area (Å²) in [4.78, 5) is 14.6. The van der Waals surface area contributed by atoms with Crippen LogP contribution in [0.25, 0.3) is 10.9 Å². The predicted octanol–water partition coefficient (Wildman–Crippen LogP) is 4.51. The highest BCUT2D eigenvalue weighted by Crippen LogP contribution is 2.32. The summed E-state index contributed by atoms with van der Waals surface area (Å²) in [5, 5.41) is 1.13. The molecule has 0 bridgehead atoms. The summed E-state index contributed by atoms with van der Waals surface area (Å²) in [7, 11) is 1.67. The van der Waals surface area contributed by atoms with Gasteiger partial charge < -0.3 is 14.2 Å². The van der Waals surface area contributed by atoms with E-state index in [0.717, 1.165) is 40.7 Å². The van der Waals surface area contributed by atoms with Gasteiger partial charge in [-0.25, -0.2) is 0 Å². The van der Waals surface area contributed by atoms with Crippen molar-refractivity contribution in [1.82, 2.24) is 9.47 Å². The van der Waals surface area contributed by atoms with E-state index in [2.05, 4.69) is 10.8 Å². The number of benzene rings is 2. The zero-order chi connectivity index (χ0) is 20.6. The molecular weight excluding hydrogens is 381 g/mol. The van der Waals surface area contributed by atoms with E-state index >= 15 is 0 Å². The SMILES string of the molecule is COCCn1cc2c3c(cccc31)CN(C(=O)c1cccc(C(F)(F)F)c1)CC2. The third kappa shape index (κ3) is 3.74. The van der Waals surface area contributed by atoms with Crippen molar-refractivity contribution in [2.45, 2.75) is 25.7 Å². The lowest BCUT2D eigenvalue weighted by atomic mass is 10.1. The molecule has 4 nitrogen and oxygen atoms in total. The number of amides is 1. The Bertz CT molecular complexity index is 1060. The number of halogens is 3. The number of hydrogen-bond donors (Lipinski definition) is 0. The van der Waals surface area contributed by atoms with Crippen molar-refractivity contribution in [3.63, 3.8) is 0 Å². The minimum Gasteiger partial charge on any atom is -0.383 e. The monoisotopic (exact) mass is 402 g/mol. The van der Waals surface area contributed by atoms with E-state index < -0.39 is 11.7 Å². The van der Waals surface area contributed by atoms with Gasteiger partial charge >= 0.3 is 6.18 Å². The maximum absolute atomic E-state index is 13.0. The first-order chi connectivity index (χ1) is 13.9. The van der Waals surface area contributed by atoms with Gasteiger partial charge in [0, 0.05) is 49.4 Å². The van der Waals surface area contributed by atoms with E-state index in [4.69, 9.17) is 4.74 Å². The Hall–Kier alpha value is -2.80. The molecule has 0 aliphatic carbocycles. The Balaban J connectivity index is 1.64. The molecule has 0 unspecified atom stereocenters. The zero-order valence-electron chi connectivity index (χ0n) is 16.0. The Morgan fingerprint density at radius 1 is 1.14 bits per heavy atom. The van der Waals surface area contributed by atoms with E-state index in [-0.39, 0.29) is 11.5 Å². The molecule has 0 fully saturated rings. The highest BCUT2D eigenvalue weighted by atomic mass is 19.4. The average Bonchev–Trinajstić information content (AvgIpc) is 2.95. The van der Waals surface area contributed by atoms with Gasteiger partial charge in [-0.3, -0.25) is 4.79 Å². The van der Waals surface area contributed by atoms with Gasteiger partial charge in [-0.05, 0) is 41.8 Å². The number of nitrogens with zero attached hydrogens (tertiary/aromatic N) is 2. The molecule has 0 N–H and O–H groups in total. The van der Waals surface area contributed by atoms with Crippen molar-refractivity contribution in [2.75, 3.05) is 20.3 Å². The Morgan fingerprint density at radius 2 is 1.93 bits per heavy atom. The first-order valence-corrected chi connectivity index (χ1v) is 9.43. The number of rotatable bonds is 4. The van der Waals surface area contributed by atoms with Crippen molar-refractivity contribution in [3.8, 4) is 0 Å². The van der Waals surface area contributed by atoms with Gasteiger partial charge in [-0.1, -0.05) is 18.2 Å². The molecule has 3 aromatic rings. The molecule has 152 valence electrons. The number of ether oxygens (including phenoxy) is 1. The fourth-order valence-electron chi connectivity index (χ4n) is 3.94. The number of alkyl halides is 3. The molecule has 1 aromatic heterocycles. The van der Waals surface area contributed by atoms with Crippen LogP contribution in [0.2, 0.25) is 0 Å². The normalized spacial score (nSPS) is 14.3. The quantitative estimate of drug-likeness (QED) is 0.644. The number of methoxy groups -OCH3 is 1. The van der Waals surface area contributed by atoms with Crippen LogP contribution in [-0.2, 0) is 30.4 Å². The lowest BCUT2D eigenvalue weighted by Gasteiger charge is -2.22. The van der Waals surface area contributed by atoms with Crippen molar-refractivity contribution < 1.29 is 22.7 Å². The van der Waals surface area contributed by atoms with E-state index in [1.165, 1.54) is 12.1 Å². The fourth-order valence-corrected chi connectivity index (χ4v) is 3.94. The van der Waals surface area contributed by atoms with Gasteiger partial charge in [0.2, 0.25) is 0 Å². The van der Waals surface area contributed by atoms with Crippen LogP contribution >= 0.6 is 0 Å². The van der Waals surface area contributed by atoms with Crippen molar-refractivity contribution in [3.05, 3.63) is 70.9 Å². The molecule has 2 heterocycles. The Morgan fingerprint density at radius 3 is 2.69 bits per heavy atom. The molecule has 1 amide bonds. The Labute approximate surface area is 166 Å². The molecule has 0 spiro atoms. The molecule has 2 aromatic carbocycles. The first-order valence-electron chi connectivity index (χ1n) is 9.43. The predicted molar refractivity (Wildman–Crippen MR) is 104 cm³/mol. The van der Waals surface area contributed by atoms with Gasteiger partial charge in [0.1, 0.15) is 0 Å². The van der Waals surface area contributed by atoms with Crippen LogP contribution in [0.3, 0.4) is 0 Å². The summed E-state index contributed by atoms with van der Waals surface area (Å²) in [5.74, 6) is -0.384. The molecule has 4 rings (SSSR count). The van der Waals surface area contributed by atoms with Crippen LogP contribution in [0, 0.1) is 0 Å². The number of hydrogen-bond acceptors (Lipinski definition) is 2. The number of carbonyl (C=O) groups excluding carboxylic acids is 1. The second kappa shape index (κ2) is 7.55. The van der Waals surface area contributed by atoms with Crippen molar-refractivity contribution in [2.24, 2.45) is 0 Å². The van der Waals surface area contributed by atoms with Gasteiger partial charge in [0.25, 0.3) is 5.91 Å². The zero-order valence-corrected chi connectivity index (χ0v) is 16.0. The third-order valence-electron chi connectivity index (χ3n) is 5.34. The summed E-state index contributed by atoms with van der Waals surface area (Å²) in [6.07, 6.45) is -1.73. The Kier molecular flexibility index (Phi) is 5.08. The number of aromatic nitrogens is 1. The largest absolute Gasteiger partial charge is 0.416 e. The van der Waals surface area contributed by atoms with Crippen molar-refractivity contribution in [1.29, 1.82) is 0 Å². The fraction of sp³-hybridized carbons (Fsp3) is 0.318. The van der Waals surface area contributed by atoms with Gasteiger partial charge in [-0.2, -0.15) is 13.2 Å². The second-order valence-corrected chi connectivity index (χ2v) is 7.21. The maximum atomic E-state index is 13.0. The molecule has 0 saturated carbocycles. The highest BCUT2D eigenvalue weighted by molar-refractivity contribution is 5.95. The summed E-state index contributed by atoms with van der Waals surface area (Å²) in [6.45, 7) is 2.16. The molecular formula is C22H21F3N2O2. The molecule has 0 saturated heterocycles. The number of carbonyl (C=O) groups is 1. The third-order valence-corrected chi connectivity index (χ3v) is 5.34. The lowest BCUT2D eigenvalue weighted by molar-refractivity contribution is -0.137. The van der Waals surface area contributed by atoms with E-state index in [9.17, 15) is 18.0 Å². The average molecular weight is 402 g/mol. The molecule has 0 atom stereocenters. The van der Waals surface area contributed by atoms with Crippen LogP contribution in [0.5, 0.6) is 0 Å². The molecule has 29 heavy (non-hydrogen) atoms. The van der Waals surface area contributed by atoms with E-state index in [1.54, 1.807) is 12.0 Å². The topological polar surface area (TPSA) is 34.5 Å². The summed E-state index contributed by atoms with van der Waals surface area (Å²) in [6, 6.07) is 10.6. The molecule has 1 aliphatic rings. The van der Waals surface area contributed by atoms with Gasteiger partial charge in [0.05, 0.1) is 12.2 Å². The van der Waals surface area contributed by atoms with E-state index in [0.29, 0.717) is 26.1 Å². The molecule has 0 radical (unpaired) electrons. The second-order valence-electron chi connectivity index (χ2n) is 7.21. The van der Waals surface area contributed by atoms with Crippen LogP contribution in [-0.4, -0.2) is 35.6 Å². The highest BCUT2D eigenvalue weighted by Gasteiger charge is 2.31. The van der Waals surface area contributed by atoms with Crippen LogP contribution in [0.15, 0.2) is 48.7 Å². The minimum absolute atomic E-state index is 0.0590. The van der Waals surface area contributed by atoms with Gasteiger partial charge in [0.15, 0.2) is 0 Å². The van der Waals surface area contributed by atoms with Gasteiger partial charge in [-0.15, -0.1) is 0 Å². The summed E-state index contributed by atoms with van der Waals surface area (Å²) >= 11 is 0. The standard InChI is InChI=1S/C22H21F3N2O2/c1-29-11-10-26-13-17-8-9-27(14-16-5-3-7-19(26)20(16)17)21(28)15-4-2-6-18(12-15)22(23,24)25/h2-7,12-13H,8-11,14H2,1H3. The summed E-state index contributed by atoms with van der Waals surface area (Å²) < 4.78 is 46.4. The van der Waals surface area contributed by atoms with E-state index in [1.807, 2.05) is 18.2 Å². The molecule has 7 heteroatoms. The van der Waals surface area contributed by atoms with Crippen molar-refractivity contribution >= 4 is 16.8 Å². The smallest absolute Gasteiger partial charge is 0.383 e. The van der Waals surface area contributed by atoms with Crippen LogP contribution in [0.1, 0.15) is 27.0 Å².